The van der Waals surface area contributed by atoms with E-state index < -0.39 is 19.9 Å². The number of methoxy groups -OCH3 is 1. The van der Waals surface area contributed by atoms with E-state index in [4.69, 9.17) is 10.5 Å². The van der Waals surface area contributed by atoms with Crippen molar-refractivity contribution < 1.29 is 21.6 Å². The molecule has 0 amide bonds. The number of ether oxygens (including phenoxy) is 1. The van der Waals surface area contributed by atoms with Crippen LogP contribution in [0.2, 0.25) is 0 Å². The van der Waals surface area contributed by atoms with Crippen molar-refractivity contribution in [2.24, 2.45) is 11.7 Å². The zero-order valence-electron chi connectivity index (χ0n) is 14.1. The van der Waals surface area contributed by atoms with E-state index in [-0.39, 0.29) is 21.6 Å². The minimum atomic E-state index is -3.83. The molecule has 2 rings (SSSR count). The second-order valence-corrected chi connectivity index (χ2v) is 10.1. The summed E-state index contributed by atoms with van der Waals surface area (Å²) in [6, 6.07) is 3.91. The summed E-state index contributed by atoms with van der Waals surface area (Å²) in [4.78, 5) is -0.167. The zero-order chi connectivity index (χ0) is 18.1. The molecule has 7 nitrogen and oxygen atoms in total. The Morgan fingerprint density at radius 1 is 1.21 bits per heavy atom. The second kappa shape index (κ2) is 6.99. The van der Waals surface area contributed by atoms with Crippen molar-refractivity contribution in [1.29, 1.82) is 0 Å². The van der Waals surface area contributed by atoms with Crippen molar-refractivity contribution >= 4 is 19.9 Å². The van der Waals surface area contributed by atoms with Crippen LogP contribution >= 0.6 is 0 Å². The Labute approximate surface area is 143 Å². The Morgan fingerprint density at radius 2 is 1.79 bits per heavy atom. The molecule has 0 radical (unpaired) electrons. The van der Waals surface area contributed by atoms with Gasteiger partial charge in [0.25, 0.3) is 0 Å². The van der Waals surface area contributed by atoms with Gasteiger partial charge >= 0.3 is 0 Å². The molecule has 24 heavy (non-hydrogen) atoms. The third-order valence-electron chi connectivity index (χ3n) is 4.42. The van der Waals surface area contributed by atoms with Gasteiger partial charge in [-0.1, -0.05) is 0 Å². The van der Waals surface area contributed by atoms with Crippen molar-refractivity contribution in [2.45, 2.75) is 35.6 Å². The molecule has 1 aliphatic heterocycles. The number of nitrogens with two attached hydrogens (primary N) is 1. The van der Waals surface area contributed by atoms with Crippen LogP contribution in [0.25, 0.3) is 0 Å². The minimum Gasteiger partial charge on any atom is -0.495 e. The molecule has 1 saturated heterocycles. The highest BCUT2D eigenvalue weighted by Gasteiger charge is 2.33. The maximum atomic E-state index is 12.9. The molecule has 1 aliphatic rings. The number of benzene rings is 1. The van der Waals surface area contributed by atoms with Gasteiger partial charge in [-0.05, 0) is 43.9 Å². The first kappa shape index (κ1) is 19.2. The number of hydrogen-bond donors (Lipinski definition) is 1. The summed E-state index contributed by atoms with van der Waals surface area (Å²) in [5.74, 6) is 0.428. The monoisotopic (exact) mass is 376 g/mol. The smallest absolute Gasteiger partial charge is 0.246 e. The molecule has 0 aromatic heterocycles. The highest BCUT2D eigenvalue weighted by Crippen LogP contribution is 2.32. The Hall–Kier alpha value is -1.16. The summed E-state index contributed by atoms with van der Waals surface area (Å²) in [5.41, 5.74) is 5.89. The van der Waals surface area contributed by atoms with E-state index in [1.54, 1.807) is 0 Å². The van der Waals surface area contributed by atoms with Crippen molar-refractivity contribution in [3.05, 3.63) is 18.2 Å². The van der Waals surface area contributed by atoms with E-state index in [1.807, 2.05) is 6.92 Å². The van der Waals surface area contributed by atoms with Gasteiger partial charge in [-0.2, -0.15) is 4.31 Å². The van der Waals surface area contributed by atoms with Crippen LogP contribution in [-0.2, 0) is 19.9 Å². The summed E-state index contributed by atoms with van der Waals surface area (Å²) in [7, 11) is -5.99. The molecular weight excluding hydrogens is 352 g/mol. The molecule has 9 heteroatoms. The number of piperidine rings is 1. The van der Waals surface area contributed by atoms with Gasteiger partial charge in [0.1, 0.15) is 10.6 Å². The molecule has 1 atom stereocenters. The predicted octanol–water partition coefficient (Wildman–Crippen LogP) is 0.847. The Balaban J connectivity index is 2.39. The van der Waals surface area contributed by atoms with E-state index in [0.29, 0.717) is 31.8 Å². The van der Waals surface area contributed by atoms with Crippen LogP contribution in [0, 0.1) is 5.92 Å². The highest BCUT2D eigenvalue weighted by molar-refractivity contribution is 7.91. The topological polar surface area (TPSA) is 107 Å². The molecule has 0 bridgehead atoms. The summed E-state index contributed by atoms with van der Waals surface area (Å²) in [5, 5.41) is 0. The number of sulfonamides is 1. The quantitative estimate of drug-likeness (QED) is 0.816. The Morgan fingerprint density at radius 3 is 2.25 bits per heavy atom. The molecule has 1 unspecified atom stereocenters. The molecule has 0 spiro atoms. The fraction of sp³-hybridized carbons (Fsp3) is 0.600. The number of rotatable bonds is 5. The molecule has 1 aromatic rings. The van der Waals surface area contributed by atoms with E-state index >= 15 is 0 Å². The molecule has 136 valence electrons. The van der Waals surface area contributed by atoms with Gasteiger partial charge in [0.2, 0.25) is 10.0 Å². The van der Waals surface area contributed by atoms with Crippen molar-refractivity contribution in [3.63, 3.8) is 0 Å². The van der Waals surface area contributed by atoms with Crippen LogP contribution < -0.4 is 10.5 Å². The molecular formula is C15H24N2O5S2. The van der Waals surface area contributed by atoms with Gasteiger partial charge in [-0.25, -0.2) is 16.8 Å². The summed E-state index contributed by atoms with van der Waals surface area (Å²) < 4.78 is 55.9. The lowest BCUT2D eigenvalue weighted by Crippen LogP contribution is -2.42. The Bertz CT molecular complexity index is 795. The zero-order valence-corrected chi connectivity index (χ0v) is 15.7. The van der Waals surface area contributed by atoms with E-state index in [9.17, 15) is 16.8 Å². The normalized spacial score (nSPS) is 19.2. The number of hydrogen-bond acceptors (Lipinski definition) is 6. The van der Waals surface area contributed by atoms with Crippen LogP contribution in [0.1, 0.15) is 19.8 Å². The van der Waals surface area contributed by atoms with Crippen LogP contribution in [0.4, 0.5) is 0 Å². The SMILES string of the molecule is COc1ccc(S(C)(=O)=O)cc1S(=O)(=O)N1CCC(C(C)N)CC1. The van der Waals surface area contributed by atoms with Crippen LogP contribution in [0.5, 0.6) is 5.75 Å². The van der Waals surface area contributed by atoms with E-state index in [2.05, 4.69) is 0 Å². The van der Waals surface area contributed by atoms with Gasteiger partial charge < -0.3 is 10.5 Å². The summed E-state index contributed by atoms with van der Waals surface area (Å²) in [6.45, 7) is 2.65. The highest BCUT2D eigenvalue weighted by atomic mass is 32.2. The molecule has 0 saturated carbocycles. The molecule has 2 N–H and O–H groups in total. The van der Waals surface area contributed by atoms with Crippen molar-refractivity contribution in [2.75, 3.05) is 26.5 Å². The van der Waals surface area contributed by atoms with E-state index in [0.717, 1.165) is 6.26 Å². The van der Waals surface area contributed by atoms with Crippen molar-refractivity contribution in [3.8, 4) is 5.75 Å². The van der Waals surface area contributed by atoms with Crippen LogP contribution in [-0.4, -0.2) is 53.6 Å². The van der Waals surface area contributed by atoms with Gasteiger partial charge in [-0.3, -0.25) is 0 Å². The third kappa shape index (κ3) is 3.90. The lowest BCUT2D eigenvalue weighted by atomic mass is 9.92. The van der Waals surface area contributed by atoms with Crippen LogP contribution in [0.3, 0.4) is 0 Å². The minimum absolute atomic E-state index is 0.0259. The predicted molar refractivity (Wildman–Crippen MR) is 91.2 cm³/mol. The van der Waals surface area contributed by atoms with Gasteiger partial charge in [0, 0.05) is 25.4 Å². The number of nitrogens with zero attached hydrogens (tertiary/aromatic N) is 1. The second-order valence-electron chi connectivity index (χ2n) is 6.19. The first-order valence-corrected chi connectivity index (χ1v) is 11.0. The summed E-state index contributed by atoms with van der Waals surface area (Å²) >= 11 is 0. The average Bonchev–Trinajstić information content (AvgIpc) is 2.53. The largest absolute Gasteiger partial charge is 0.495 e. The lowest BCUT2D eigenvalue weighted by Gasteiger charge is -2.33. The molecule has 1 heterocycles. The van der Waals surface area contributed by atoms with E-state index in [1.165, 1.54) is 29.6 Å². The lowest BCUT2D eigenvalue weighted by molar-refractivity contribution is 0.250. The van der Waals surface area contributed by atoms with Gasteiger partial charge in [0.05, 0.1) is 12.0 Å². The maximum Gasteiger partial charge on any atom is 0.246 e. The fourth-order valence-electron chi connectivity index (χ4n) is 2.87. The maximum absolute atomic E-state index is 12.9. The van der Waals surface area contributed by atoms with Crippen molar-refractivity contribution in [1.82, 2.24) is 4.31 Å². The van der Waals surface area contributed by atoms with Gasteiger partial charge in [-0.15, -0.1) is 0 Å². The van der Waals surface area contributed by atoms with Crippen LogP contribution in [0.15, 0.2) is 28.0 Å². The molecule has 1 fully saturated rings. The first-order chi connectivity index (χ1) is 11.1. The first-order valence-electron chi connectivity index (χ1n) is 7.71. The molecule has 1 aromatic carbocycles. The fourth-order valence-corrected chi connectivity index (χ4v) is 5.24. The third-order valence-corrected chi connectivity index (χ3v) is 7.45. The standard InChI is InChI=1S/C15H24N2O5S2/c1-11(16)12-6-8-17(9-7-12)24(20,21)15-10-13(23(3,18)19)4-5-14(15)22-2/h4-5,10-12H,6-9,16H2,1-3H3. The average molecular weight is 377 g/mol. The Kier molecular flexibility index (Phi) is 5.58. The van der Waals surface area contributed by atoms with Gasteiger partial charge in [0.15, 0.2) is 9.84 Å². The summed E-state index contributed by atoms with van der Waals surface area (Å²) in [6.07, 6.45) is 2.41. The molecule has 0 aliphatic carbocycles. The number of sulfone groups is 1.